The van der Waals surface area contributed by atoms with Crippen LogP contribution in [0.1, 0.15) is 37.6 Å². The van der Waals surface area contributed by atoms with Gasteiger partial charge in [-0.15, -0.1) is 11.3 Å². The molecule has 2 N–H and O–H groups in total. The van der Waals surface area contributed by atoms with E-state index >= 15 is 0 Å². The highest BCUT2D eigenvalue weighted by Gasteiger charge is 2.31. The number of rotatable bonds is 2. The van der Waals surface area contributed by atoms with Crippen molar-refractivity contribution in [3.05, 3.63) is 41.0 Å². The van der Waals surface area contributed by atoms with Gasteiger partial charge in [0.05, 0.1) is 5.39 Å². The minimum Gasteiger partial charge on any atom is -0.508 e. The highest BCUT2D eigenvalue weighted by atomic mass is 32.1. The number of phenols is 1. The number of nitrogens with one attached hydrogen (secondary N) is 1. The molecule has 0 amide bonds. The quantitative estimate of drug-likeness (QED) is 0.615. The van der Waals surface area contributed by atoms with Crippen LogP contribution in [-0.2, 0) is 12.8 Å². The zero-order valence-corrected chi connectivity index (χ0v) is 15.7. The van der Waals surface area contributed by atoms with Gasteiger partial charge in [0.25, 0.3) is 0 Å². The van der Waals surface area contributed by atoms with E-state index in [2.05, 4.69) is 36.1 Å². The second kappa shape index (κ2) is 5.99. The molecule has 0 radical (unpaired) electrons. The normalized spacial score (nSPS) is 17.5. The SMILES string of the molecule is CC(C)(C)C1CCc2c(sc3ncnc(Nc4ccc(O)cc4)c23)C1. The number of aromatic hydroxyl groups is 1. The molecular weight excluding hydrogens is 330 g/mol. The van der Waals surface area contributed by atoms with Crippen LogP contribution in [0.25, 0.3) is 10.2 Å². The minimum atomic E-state index is 0.263. The lowest BCUT2D eigenvalue weighted by Crippen LogP contribution is -2.26. The molecule has 4 nitrogen and oxygen atoms in total. The molecule has 1 unspecified atom stereocenters. The molecule has 2 aromatic heterocycles. The first-order valence-electron chi connectivity index (χ1n) is 8.73. The Morgan fingerprint density at radius 1 is 1.16 bits per heavy atom. The molecule has 0 spiro atoms. The summed E-state index contributed by atoms with van der Waals surface area (Å²) in [5.74, 6) is 1.84. The molecular formula is C20H23N3OS. The van der Waals surface area contributed by atoms with Gasteiger partial charge < -0.3 is 10.4 Å². The number of aromatic nitrogens is 2. The third-order valence-electron chi connectivity index (χ3n) is 5.20. The standard InChI is InChI=1S/C20H23N3OS/c1-20(2,3)12-4-9-15-16(10-12)25-19-17(15)18(21-11-22-19)23-13-5-7-14(24)8-6-13/h5-8,11-12,24H,4,9-10H2,1-3H3,(H,21,22,23). The fraction of sp³-hybridized carbons (Fsp3) is 0.400. The number of thiophene rings is 1. The van der Waals surface area contributed by atoms with E-state index in [1.54, 1.807) is 18.5 Å². The topological polar surface area (TPSA) is 58.0 Å². The summed E-state index contributed by atoms with van der Waals surface area (Å²) < 4.78 is 0. The predicted molar refractivity (Wildman–Crippen MR) is 104 cm³/mol. The largest absolute Gasteiger partial charge is 0.508 e. The van der Waals surface area contributed by atoms with Crippen molar-refractivity contribution in [2.45, 2.75) is 40.0 Å². The van der Waals surface area contributed by atoms with Gasteiger partial charge in [-0.3, -0.25) is 0 Å². The van der Waals surface area contributed by atoms with Crippen LogP contribution in [0.4, 0.5) is 11.5 Å². The molecule has 1 aliphatic carbocycles. The maximum absolute atomic E-state index is 9.46. The second-order valence-electron chi connectivity index (χ2n) is 7.88. The number of hydrogen-bond acceptors (Lipinski definition) is 5. The summed E-state index contributed by atoms with van der Waals surface area (Å²) in [5, 5.41) is 14.0. The summed E-state index contributed by atoms with van der Waals surface area (Å²) in [6.45, 7) is 7.02. The zero-order valence-electron chi connectivity index (χ0n) is 14.8. The summed E-state index contributed by atoms with van der Waals surface area (Å²) in [6, 6.07) is 7.07. The van der Waals surface area contributed by atoms with E-state index < -0.39 is 0 Å². The average molecular weight is 353 g/mol. The van der Waals surface area contributed by atoms with Crippen molar-refractivity contribution in [2.75, 3.05) is 5.32 Å². The molecule has 0 bridgehead atoms. The first kappa shape index (κ1) is 16.3. The number of hydrogen-bond donors (Lipinski definition) is 2. The number of nitrogens with zero attached hydrogens (tertiary/aromatic N) is 2. The fourth-order valence-electron chi connectivity index (χ4n) is 3.63. The Bertz CT molecular complexity index is 909. The molecule has 1 aromatic carbocycles. The monoisotopic (exact) mass is 353 g/mol. The predicted octanol–water partition coefficient (Wildman–Crippen LogP) is 5.29. The van der Waals surface area contributed by atoms with Crippen molar-refractivity contribution in [3.63, 3.8) is 0 Å². The van der Waals surface area contributed by atoms with Crippen LogP contribution in [0.15, 0.2) is 30.6 Å². The Morgan fingerprint density at radius 3 is 2.64 bits per heavy atom. The molecule has 0 fully saturated rings. The zero-order chi connectivity index (χ0) is 17.6. The molecule has 25 heavy (non-hydrogen) atoms. The van der Waals surface area contributed by atoms with Gasteiger partial charge in [-0.1, -0.05) is 20.8 Å². The summed E-state index contributed by atoms with van der Waals surface area (Å²) >= 11 is 1.82. The van der Waals surface area contributed by atoms with Crippen LogP contribution in [0, 0.1) is 11.3 Å². The van der Waals surface area contributed by atoms with E-state index in [4.69, 9.17) is 0 Å². The number of phenolic OH excluding ortho intramolecular Hbond substituents is 1. The van der Waals surface area contributed by atoms with Crippen LogP contribution in [0.3, 0.4) is 0 Å². The summed E-state index contributed by atoms with van der Waals surface area (Å²) in [7, 11) is 0. The molecule has 4 rings (SSSR count). The van der Waals surface area contributed by atoms with E-state index in [0.29, 0.717) is 5.41 Å². The molecule has 3 aromatic rings. The smallest absolute Gasteiger partial charge is 0.142 e. The Hall–Kier alpha value is -2.14. The van der Waals surface area contributed by atoms with Gasteiger partial charge in [0.1, 0.15) is 22.7 Å². The summed E-state index contributed by atoms with van der Waals surface area (Å²) in [5.41, 5.74) is 2.68. The highest BCUT2D eigenvalue weighted by molar-refractivity contribution is 7.19. The Labute approximate surface area is 152 Å². The lowest BCUT2D eigenvalue weighted by atomic mass is 9.72. The van der Waals surface area contributed by atoms with Gasteiger partial charge in [0.15, 0.2) is 0 Å². The number of aryl methyl sites for hydroxylation is 1. The summed E-state index contributed by atoms with van der Waals surface area (Å²) in [6.07, 6.45) is 5.08. The van der Waals surface area contributed by atoms with Crippen LogP contribution < -0.4 is 5.32 Å². The second-order valence-corrected chi connectivity index (χ2v) is 8.97. The molecule has 1 aliphatic rings. The van der Waals surface area contributed by atoms with Crippen LogP contribution >= 0.6 is 11.3 Å². The number of fused-ring (bicyclic) bond motifs is 3. The van der Waals surface area contributed by atoms with Crippen LogP contribution in [-0.4, -0.2) is 15.1 Å². The van der Waals surface area contributed by atoms with Crippen molar-refractivity contribution >= 4 is 33.1 Å². The van der Waals surface area contributed by atoms with Gasteiger partial charge in [0.2, 0.25) is 0 Å². The third kappa shape index (κ3) is 3.09. The Morgan fingerprint density at radius 2 is 1.92 bits per heavy atom. The first-order chi connectivity index (χ1) is 11.9. The van der Waals surface area contributed by atoms with E-state index in [9.17, 15) is 5.11 Å². The highest BCUT2D eigenvalue weighted by Crippen LogP contribution is 2.44. The average Bonchev–Trinajstić information content (AvgIpc) is 2.95. The van der Waals surface area contributed by atoms with Gasteiger partial charge in [-0.2, -0.15) is 0 Å². The van der Waals surface area contributed by atoms with Crippen LogP contribution in [0.2, 0.25) is 0 Å². The maximum Gasteiger partial charge on any atom is 0.142 e. The van der Waals surface area contributed by atoms with E-state index in [1.165, 1.54) is 22.2 Å². The minimum absolute atomic E-state index is 0.263. The Kier molecular flexibility index (Phi) is 3.91. The van der Waals surface area contributed by atoms with Crippen LogP contribution in [0.5, 0.6) is 5.75 Å². The van der Waals surface area contributed by atoms with E-state index in [1.807, 2.05) is 23.5 Å². The van der Waals surface area contributed by atoms with Gasteiger partial charge in [0, 0.05) is 10.6 Å². The lowest BCUT2D eigenvalue weighted by Gasteiger charge is -2.33. The van der Waals surface area contributed by atoms with Gasteiger partial charge in [-0.05, 0) is 60.4 Å². The number of benzene rings is 1. The van der Waals surface area contributed by atoms with Crippen molar-refractivity contribution in [1.82, 2.24) is 9.97 Å². The Balaban J connectivity index is 1.73. The summed E-state index contributed by atoms with van der Waals surface area (Å²) in [4.78, 5) is 11.5. The first-order valence-corrected chi connectivity index (χ1v) is 9.55. The molecule has 2 heterocycles. The number of anilines is 2. The van der Waals surface area contributed by atoms with Crippen molar-refractivity contribution in [1.29, 1.82) is 0 Å². The lowest BCUT2D eigenvalue weighted by molar-refractivity contribution is 0.218. The van der Waals surface area contributed by atoms with E-state index in [0.717, 1.165) is 35.1 Å². The van der Waals surface area contributed by atoms with Gasteiger partial charge >= 0.3 is 0 Å². The van der Waals surface area contributed by atoms with Crippen molar-refractivity contribution in [2.24, 2.45) is 11.3 Å². The molecule has 5 heteroatoms. The fourth-order valence-corrected chi connectivity index (χ4v) is 4.89. The maximum atomic E-state index is 9.46. The third-order valence-corrected chi connectivity index (χ3v) is 6.36. The van der Waals surface area contributed by atoms with Gasteiger partial charge in [-0.25, -0.2) is 9.97 Å². The molecule has 0 saturated heterocycles. The van der Waals surface area contributed by atoms with E-state index in [-0.39, 0.29) is 5.75 Å². The molecule has 0 aliphatic heterocycles. The van der Waals surface area contributed by atoms with Crippen molar-refractivity contribution in [3.8, 4) is 5.75 Å². The molecule has 1 atom stereocenters. The van der Waals surface area contributed by atoms with Crippen molar-refractivity contribution < 1.29 is 5.11 Å². The molecule has 130 valence electrons. The molecule has 0 saturated carbocycles.